The monoisotopic (exact) mass is 291 g/mol. The molecule has 0 aliphatic heterocycles. The third-order valence-electron chi connectivity index (χ3n) is 4.73. The summed E-state index contributed by atoms with van der Waals surface area (Å²) in [7, 11) is 1.76. The van der Waals surface area contributed by atoms with Crippen LogP contribution in [0, 0.1) is 0 Å². The first-order chi connectivity index (χ1) is 9.63. The average Bonchev–Trinajstić information content (AvgIpc) is 3.05. The predicted octanol–water partition coefficient (Wildman–Crippen LogP) is 2.86. The van der Waals surface area contributed by atoms with E-state index >= 15 is 0 Å². The summed E-state index contributed by atoms with van der Waals surface area (Å²) in [4.78, 5) is 12.7. The molecule has 0 saturated heterocycles. The van der Waals surface area contributed by atoms with Gasteiger partial charge in [-0.05, 0) is 68.8 Å². The zero-order valence-corrected chi connectivity index (χ0v) is 12.6. The molecule has 1 aromatic carbocycles. The van der Waals surface area contributed by atoms with Crippen molar-refractivity contribution in [3.8, 4) is 0 Å². The molecule has 1 fully saturated rings. The van der Waals surface area contributed by atoms with Gasteiger partial charge in [-0.2, -0.15) is 0 Å². The van der Waals surface area contributed by atoms with Gasteiger partial charge in [0, 0.05) is 10.1 Å². The number of thioether (sulfide) groups is 1. The van der Waals surface area contributed by atoms with Gasteiger partial charge in [0.15, 0.2) is 0 Å². The van der Waals surface area contributed by atoms with Crippen LogP contribution in [0.15, 0.2) is 23.1 Å². The van der Waals surface area contributed by atoms with Gasteiger partial charge in [-0.1, -0.05) is 6.07 Å². The van der Waals surface area contributed by atoms with Gasteiger partial charge in [0.25, 0.3) is 0 Å². The first-order valence-electron chi connectivity index (χ1n) is 7.34. The second-order valence-corrected chi connectivity index (χ2v) is 7.28. The second-order valence-electron chi connectivity index (χ2n) is 5.90. The van der Waals surface area contributed by atoms with Crippen LogP contribution < -0.4 is 5.32 Å². The van der Waals surface area contributed by atoms with E-state index in [2.05, 4.69) is 23.5 Å². The van der Waals surface area contributed by atoms with Crippen molar-refractivity contribution in [2.75, 3.05) is 7.05 Å². The zero-order valence-electron chi connectivity index (χ0n) is 11.8. The van der Waals surface area contributed by atoms with Crippen molar-refractivity contribution < 1.29 is 9.90 Å². The summed E-state index contributed by atoms with van der Waals surface area (Å²) in [5.74, 6) is -0.711. The summed E-state index contributed by atoms with van der Waals surface area (Å²) < 4.78 is 0. The number of carboxylic acid groups (broad SMARTS) is 1. The minimum atomic E-state index is -0.714. The molecule has 1 saturated carbocycles. The summed E-state index contributed by atoms with van der Waals surface area (Å²) >= 11 is 1.85. The molecule has 2 aliphatic rings. The van der Waals surface area contributed by atoms with Crippen LogP contribution in [0.4, 0.5) is 0 Å². The Bertz CT molecular complexity index is 531. The Morgan fingerprint density at radius 3 is 2.90 bits per heavy atom. The fraction of sp³-hybridized carbons (Fsp3) is 0.562. The lowest BCUT2D eigenvalue weighted by atomic mass is 9.99. The molecule has 0 bridgehead atoms. The van der Waals surface area contributed by atoms with E-state index in [9.17, 15) is 9.90 Å². The van der Waals surface area contributed by atoms with Gasteiger partial charge >= 0.3 is 5.97 Å². The molecule has 2 unspecified atom stereocenters. The molecular weight excluding hydrogens is 270 g/mol. The lowest BCUT2D eigenvalue weighted by molar-refractivity contribution is -0.144. The Labute approximate surface area is 124 Å². The minimum Gasteiger partial charge on any atom is -0.480 e. The van der Waals surface area contributed by atoms with Gasteiger partial charge in [0.05, 0.1) is 0 Å². The number of likely N-dealkylation sites (N-methyl/N-ethyl adjacent to an activating group) is 1. The summed E-state index contributed by atoms with van der Waals surface area (Å²) in [6.07, 6.45) is 6.08. The summed E-state index contributed by atoms with van der Waals surface area (Å²) in [5, 5.41) is 12.8. The van der Waals surface area contributed by atoms with E-state index in [1.165, 1.54) is 35.3 Å². The largest absolute Gasteiger partial charge is 0.480 e. The van der Waals surface area contributed by atoms with Crippen molar-refractivity contribution in [3.63, 3.8) is 0 Å². The van der Waals surface area contributed by atoms with Gasteiger partial charge < -0.3 is 10.4 Å². The fourth-order valence-corrected chi connectivity index (χ4v) is 4.79. The standard InChI is InChI=1S/C16H21NO2S/c1-17-16(15(18)19)8-7-14(10-16)20-13-6-5-11-3-2-4-12(11)9-13/h5-6,9,14,17H,2-4,7-8,10H2,1H3,(H,18,19). The van der Waals surface area contributed by atoms with Crippen LogP contribution in [0.1, 0.15) is 36.8 Å². The highest BCUT2D eigenvalue weighted by molar-refractivity contribution is 8.00. The zero-order chi connectivity index (χ0) is 14.2. The molecule has 3 rings (SSSR count). The number of benzene rings is 1. The van der Waals surface area contributed by atoms with E-state index in [1.54, 1.807) is 7.05 Å². The van der Waals surface area contributed by atoms with E-state index in [0.717, 1.165) is 12.8 Å². The topological polar surface area (TPSA) is 49.3 Å². The molecule has 4 heteroatoms. The SMILES string of the molecule is CNC1(C(=O)O)CCC(Sc2ccc3c(c2)CCC3)C1. The predicted molar refractivity (Wildman–Crippen MR) is 81.4 cm³/mol. The minimum absolute atomic E-state index is 0.401. The molecule has 2 atom stereocenters. The molecule has 2 aliphatic carbocycles. The summed E-state index contributed by atoms with van der Waals surface area (Å²) in [6.45, 7) is 0. The van der Waals surface area contributed by atoms with Crippen molar-refractivity contribution >= 4 is 17.7 Å². The highest BCUT2D eigenvalue weighted by Crippen LogP contribution is 2.41. The first-order valence-corrected chi connectivity index (χ1v) is 8.22. The molecule has 0 heterocycles. The Morgan fingerprint density at radius 2 is 2.20 bits per heavy atom. The second kappa shape index (κ2) is 5.41. The Kier molecular flexibility index (Phi) is 3.78. The van der Waals surface area contributed by atoms with E-state index in [0.29, 0.717) is 11.7 Å². The Morgan fingerprint density at radius 1 is 1.40 bits per heavy atom. The highest BCUT2D eigenvalue weighted by Gasteiger charge is 2.44. The lowest BCUT2D eigenvalue weighted by Gasteiger charge is -2.23. The maximum absolute atomic E-state index is 11.4. The Hall–Kier alpha value is -1.00. The molecular formula is C16H21NO2S. The summed E-state index contributed by atoms with van der Waals surface area (Å²) in [6, 6.07) is 6.77. The normalized spacial score (nSPS) is 28.6. The lowest BCUT2D eigenvalue weighted by Crippen LogP contribution is -2.48. The number of hydrogen-bond donors (Lipinski definition) is 2. The average molecular weight is 291 g/mol. The fourth-order valence-electron chi connectivity index (χ4n) is 3.44. The van der Waals surface area contributed by atoms with Gasteiger partial charge in [0.1, 0.15) is 5.54 Å². The first kappa shape index (κ1) is 14.0. The number of nitrogens with one attached hydrogen (secondary N) is 1. The van der Waals surface area contributed by atoms with E-state index < -0.39 is 11.5 Å². The molecule has 0 radical (unpaired) electrons. The van der Waals surface area contributed by atoms with Crippen LogP contribution in [0.2, 0.25) is 0 Å². The smallest absolute Gasteiger partial charge is 0.323 e. The van der Waals surface area contributed by atoms with Crippen LogP contribution in [-0.4, -0.2) is 28.9 Å². The third-order valence-corrected chi connectivity index (χ3v) is 5.99. The molecule has 1 aromatic rings. The molecule has 0 spiro atoms. The molecule has 2 N–H and O–H groups in total. The number of aryl methyl sites for hydroxylation is 2. The van der Waals surface area contributed by atoms with Crippen molar-refractivity contribution in [1.29, 1.82) is 0 Å². The van der Waals surface area contributed by atoms with E-state index in [1.807, 2.05) is 11.8 Å². The number of hydrogen-bond acceptors (Lipinski definition) is 3. The van der Waals surface area contributed by atoms with Crippen molar-refractivity contribution in [2.24, 2.45) is 0 Å². The van der Waals surface area contributed by atoms with E-state index in [-0.39, 0.29) is 0 Å². The number of fused-ring (bicyclic) bond motifs is 1. The number of carboxylic acids is 1. The van der Waals surface area contributed by atoms with Crippen LogP contribution in [0.25, 0.3) is 0 Å². The molecule has 0 amide bonds. The molecule has 108 valence electrons. The van der Waals surface area contributed by atoms with Crippen molar-refractivity contribution in [1.82, 2.24) is 5.32 Å². The maximum Gasteiger partial charge on any atom is 0.323 e. The van der Waals surface area contributed by atoms with Crippen molar-refractivity contribution in [2.45, 2.75) is 54.2 Å². The van der Waals surface area contributed by atoms with Crippen LogP contribution in [0.5, 0.6) is 0 Å². The number of rotatable bonds is 4. The van der Waals surface area contributed by atoms with Crippen LogP contribution >= 0.6 is 11.8 Å². The van der Waals surface area contributed by atoms with Crippen LogP contribution in [0.3, 0.4) is 0 Å². The van der Waals surface area contributed by atoms with Gasteiger partial charge in [0.2, 0.25) is 0 Å². The van der Waals surface area contributed by atoms with Gasteiger partial charge in [-0.15, -0.1) is 11.8 Å². The van der Waals surface area contributed by atoms with E-state index in [4.69, 9.17) is 0 Å². The Balaban J connectivity index is 1.69. The van der Waals surface area contributed by atoms with Gasteiger partial charge in [-0.3, -0.25) is 4.79 Å². The summed E-state index contributed by atoms with van der Waals surface area (Å²) in [5.41, 5.74) is 2.27. The van der Waals surface area contributed by atoms with Crippen molar-refractivity contribution in [3.05, 3.63) is 29.3 Å². The maximum atomic E-state index is 11.4. The number of aliphatic carboxylic acids is 1. The van der Waals surface area contributed by atoms with Crippen LogP contribution in [-0.2, 0) is 17.6 Å². The molecule has 3 nitrogen and oxygen atoms in total. The molecule has 20 heavy (non-hydrogen) atoms. The molecule has 0 aromatic heterocycles. The number of carbonyl (C=O) groups is 1. The highest BCUT2D eigenvalue weighted by atomic mass is 32.2. The third kappa shape index (κ3) is 2.47. The van der Waals surface area contributed by atoms with Gasteiger partial charge in [-0.25, -0.2) is 0 Å². The quantitative estimate of drug-likeness (QED) is 0.895.